The molecule has 2 unspecified atom stereocenters. The van der Waals surface area contributed by atoms with Crippen LogP contribution in [0.5, 0.6) is 5.75 Å². The number of hydroxylamine groups is 1. The first-order valence-electron chi connectivity index (χ1n) is 5.96. The van der Waals surface area contributed by atoms with Gasteiger partial charge in [0.15, 0.2) is 0 Å². The molecule has 1 N–H and O–H groups in total. The van der Waals surface area contributed by atoms with E-state index in [1.165, 1.54) is 5.56 Å². The molecule has 1 saturated carbocycles. The van der Waals surface area contributed by atoms with Crippen molar-refractivity contribution in [2.75, 3.05) is 0 Å². The van der Waals surface area contributed by atoms with Gasteiger partial charge in [-0.3, -0.25) is 0 Å². The van der Waals surface area contributed by atoms with Crippen molar-refractivity contribution in [1.82, 2.24) is 5.48 Å². The zero-order valence-electron chi connectivity index (χ0n) is 9.54. The summed E-state index contributed by atoms with van der Waals surface area (Å²) in [4.78, 5) is 5.53. The Morgan fingerprint density at radius 3 is 2.24 bits per heavy atom. The van der Waals surface area contributed by atoms with Gasteiger partial charge < -0.3 is 4.84 Å². The van der Waals surface area contributed by atoms with E-state index in [0.717, 1.165) is 12.2 Å². The van der Waals surface area contributed by atoms with Crippen LogP contribution in [0, 0.1) is 0 Å². The standard InChI is InChI=1S/C15H15NO/c1-3-7-12(8-4-1)14-11-15(14)16-17-13-9-5-2-6-10-13/h1-10,14-16H,11H2. The second kappa shape index (κ2) is 4.60. The van der Waals surface area contributed by atoms with Gasteiger partial charge in [-0.25, -0.2) is 0 Å². The number of hydrogen-bond donors (Lipinski definition) is 1. The molecule has 0 bridgehead atoms. The topological polar surface area (TPSA) is 21.3 Å². The summed E-state index contributed by atoms with van der Waals surface area (Å²) in [6.07, 6.45) is 1.15. The Bertz CT molecular complexity index is 469. The number of benzene rings is 2. The summed E-state index contributed by atoms with van der Waals surface area (Å²) >= 11 is 0. The number of para-hydroxylation sites is 1. The van der Waals surface area contributed by atoms with E-state index in [9.17, 15) is 0 Å². The summed E-state index contributed by atoms with van der Waals surface area (Å²) < 4.78 is 0. The van der Waals surface area contributed by atoms with Crippen LogP contribution in [0.1, 0.15) is 17.9 Å². The van der Waals surface area contributed by atoms with E-state index >= 15 is 0 Å². The molecule has 0 spiro atoms. The maximum Gasteiger partial charge on any atom is 0.147 e. The zero-order chi connectivity index (χ0) is 11.5. The fourth-order valence-electron chi connectivity index (χ4n) is 2.03. The van der Waals surface area contributed by atoms with Crippen molar-refractivity contribution in [3.8, 4) is 5.75 Å². The maximum atomic E-state index is 5.53. The van der Waals surface area contributed by atoms with Gasteiger partial charge in [-0.1, -0.05) is 48.5 Å². The Hall–Kier alpha value is -1.80. The van der Waals surface area contributed by atoms with E-state index in [1.807, 2.05) is 30.3 Å². The van der Waals surface area contributed by atoms with Gasteiger partial charge in [0.05, 0.1) is 6.04 Å². The van der Waals surface area contributed by atoms with Crippen LogP contribution in [0.4, 0.5) is 0 Å². The van der Waals surface area contributed by atoms with Crippen molar-refractivity contribution in [2.24, 2.45) is 0 Å². The Balaban J connectivity index is 1.53. The van der Waals surface area contributed by atoms with Crippen LogP contribution >= 0.6 is 0 Å². The van der Waals surface area contributed by atoms with E-state index in [-0.39, 0.29) is 0 Å². The van der Waals surface area contributed by atoms with Crippen molar-refractivity contribution in [3.05, 3.63) is 66.2 Å². The van der Waals surface area contributed by atoms with E-state index < -0.39 is 0 Å². The number of rotatable bonds is 4. The Kier molecular flexibility index (Phi) is 2.80. The van der Waals surface area contributed by atoms with E-state index in [2.05, 4.69) is 35.8 Å². The van der Waals surface area contributed by atoms with E-state index in [1.54, 1.807) is 0 Å². The fraction of sp³-hybridized carbons (Fsp3) is 0.200. The van der Waals surface area contributed by atoms with Crippen LogP contribution in [0.25, 0.3) is 0 Å². The van der Waals surface area contributed by atoms with Crippen LogP contribution in [0.3, 0.4) is 0 Å². The third-order valence-electron chi connectivity index (χ3n) is 3.09. The van der Waals surface area contributed by atoms with E-state index in [4.69, 9.17) is 4.84 Å². The quantitative estimate of drug-likeness (QED) is 0.807. The summed E-state index contributed by atoms with van der Waals surface area (Å²) in [6, 6.07) is 20.8. The van der Waals surface area contributed by atoms with Crippen LogP contribution in [0.2, 0.25) is 0 Å². The third kappa shape index (κ3) is 2.48. The minimum Gasteiger partial charge on any atom is -0.408 e. The summed E-state index contributed by atoms with van der Waals surface area (Å²) in [5.41, 5.74) is 4.51. The van der Waals surface area contributed by atoms with Crippen LogP contribution < -0.4 is 10.3 Å². The summed E-state index contributed by atoms with van der Waals surface area (Å²) in [6.45, 7) is 0. The molecule has 0 heterocycles. The Labute approximate surface area is 101 Å². The summed E-state index contributed by atoms with van der Waals surface area (Å²) in [5.74, 6) is 1.46. The average Bonchev–Trinajstić information content (AvgIpc) is 3.18. The van der Waals surface area contributed by atoms with Gasteiger partial charge in [0, 0.05) is 5.92 Å². The van der Waals surface area contributed by atoms with Gasteiger partial charge in [-0.15, -0.1) is 0 Å². The van der Waals surface area contributed by atoms with Crippen molar-refractivity contribution >= 4 is 0 Å². The minimum atomic E-state index is 0.442. The van der Waals surface area contributed by atoms with Gasteiger partial charge in [0.2, 0.25) is 0 Å². The molecule has 1 fully saturated rings. The lowest BCUT2D eigenvalue weighted by molar-refractivity contribution is 0.188. The second-order valence-corrected chi connectivity index (χ2v) is 4.39. The monoisotopic (exact) mass is 225 g/mol. The molecule has 17 heavy (non-hydrogen) atoms. The first-order chi connectivity index (χ1) is 8.43. The molecule has 86 valence electrons. The van der Waals surface area contributed by atoms with Crippen molar-refractivity contribution < 1.29 is 4.84 Å². The molecule has 0 radical (unpaired) electrons. The van der Waals surface area contributed by atoms with Crippen LogP contribution in [-0.2, 0) is 0 Å². The molecule has 0 saturated heterocycles. The largest absolute Gasteiger partial charge is 0.408 e. The zero-order valence-corrected chi connectivity index (χ0v) is 9.54. The van der Waals surface area contributed by atoms with Gasteiger partial charge in [-0.05, 0) is 24.1 Å². The molecule has 3 rings (SSSR count). The Morgan fingerprint density at radius 2 is 1.53 bits per heavy atom. The molecule has 2 heteroatoms. The van der Waals surface area contributed by atoms with Gasteiger partial charge in [0.25, 0.3) is 0 Å². The molecule has 1 aliphatic rings. The molecular weight excluding hydrogens is 210 g/mol. The lowest BCUT2D eigenvalue weighted by atomic mass is 10.1. The minimum absolute atomic E-state index is 0.442. The average molecular weight is 225 g/mol. The molecule has 2 nitrogen and oxygen atoms in total. The fourth-order valence-corrected chi connectivity index (χ4v) is 2.03. The predicted octanol–water partition coefficient (Wildman–Crippen LogP) is 3.13. The Morgan fingerprint density at radius 1 is 0.882 bits per heavy atom. The first kappa shape index (κ1) is 10.4. The van der Waals surface area contributed by atoms with E-state index in [0.29, 0.717) is 12.0 Å². The lowest BCUT2D eigenvalue weighted by Gasteiger charge is -2.06. The highest BCUT2D eigenvalue weighted by Gasteiger charge is 2.38. The summed E-state index contributed by atoms with van der Waals surface area (Å²) in [7, 11) is 0. The van der Waals surface area contributed by atoms with Gasteiger partial charge in [-0.2, -0.15) is 5.48 Å². The molecule has 0 aromatic heterocycles. The molecule has 2 atom stereocenters. The smallest absolute Gasteiger partial charge is 0.147 e. The normalized spacial score (nSPS) is 22.1. The molecular formula is C15H15NO. The molecule has 0 aliphatic heterocycles. The van der Waals surface area contributed by atoms with Crippen LogP contribution in [0.15, 0.2) is 60.7 Å². The lowest BCUT2D eigenvalue weighted by Crippen LogP contribution is -2.22. The molecule has 1 aliphatic carbocycles. The first-order valence-corrected chi connectivity index (χ1v) is 5.96. The molecule has 2 aromatic carbocycles. The second-order valence-electron chi connectivity index (χ2n) is 4.39. The SMILES string of the molecule is c1ccc(ONC2CC2c2ccccc2)cc1. The van der Waals surface area contributed by atoms with Gasteiger partial charge in [0.1, 0.15) is 5.75 Å². The number of nitrogens with one attached hydrogen (secondary N) is 1. The highest BCUT2D eigenvalue weighted by molar-refractivity contribution is 5.27. The molecule has 0 amide bonds. The third-order valence-corrected chi connectivity index (χ3v) is 3.09. The van der Waals surface area contributed by atoms with Crippen molar-refractivity contribution in [3.63, 3.8) is 0 Å². The molecule has 2 aromatic rings. The predicted molar refractivity (Wildman–Crippen MR) is 67.8 cm³/mol. The van der Waals surface area contributed by atoms with Crippen LogP contribution in [-0.4, -0.2) is 6.04 Å². The summed E-state index contributed by atoms with van der Waals surface area (Å²) in [5, 5.41) is 0. The van der Waals surface area contributed by atoms with Gasteiger partial charge >= 0.3 is 0 Å². The van der Waals surface area contributed by atoms with Crippen molar-refractivity contribution in [1.29, 1.82) is 0 Å². The highest BCUT2D eigenvalue weighted by atomic mass is 16.6. The highest BCUT2D eigenvalue weighted by Crippen LogP contribution is 2.40. The van der Waals surface area contributed by atoms with Crippen molar-refractivity contribution in [2.45, 2.75) is 18.4 Å². The number of hydrogen-bond acceptors (Lipinski definition) is 2. The maximum absolute atomic E-state index is 5.53.